The third kappa shape index (κ3) is 5.22. The molecule has 0 saturated heterocycles. The highest BCUT2D eigenvalue weighted by Gasteiger charge is 2.24. The molecule has 0 spiro atoms. The number of phenols is 1. The number of aromatic hydroxyl groups is 1. The first kappa shape index (κ1) is 23.6. The highest BCUT2D eigenvalue weighted by molar-refractivity contribution is 5.94. The van der Waals surface area contributed by atoms with Crippen LogP contribution in [0.15, 0.2) is 54.6 Å². The normalized spacial score (nSPS) is 11.5. The quantitative estimate of drug-likeness (QED) is 0.456. The molecule has 0 aliphatic carbocycles. The second-order valence-electron chi connectivity index (χ2n) is 7.43. The number of ether oxygens (including phenoxy) is 1. The minimum absolute atomic E-state index is 0.00153. The van der Waals surface area contributed by atoms with Gasteiger partial charge in [-0.1, -0.05) is 30.3 Å². The van der Waals surface area contributed by atoms with Gasteiger partial charge in [-0.2, -0.15) is 5.26 Å². The zero-order valence-corrected chi connectivity index (χ0v) is 18.8. The van der Waals surface area contributed by atoms with Crippen LogP contribution in [0.2, 0.25) is 0 Å². The lowest BCUT2D eigenvalue weighted by atomic mass is 10.1. The van der Waals surface area contributed by atoms with Crippen molar-refractivity contribution in [2.75, 3.05) is 18.5 Å². The summed E-state index contributed by atoms with van der Waals surface area (Å²) >= 11 is 0. The first-order chi connectivity index (χ1) is 15.9. The fourth-order valence-electron chi connectivity index (χ4n) is 3.60. The van der Waals surface area contributed by atoms with E-state index >= 15 is 0 Å². The average molecular weight is 447 g/mol. The third-order valence-electron chi connectivity index (χ3n) is 5.29. The topological polar surface area (TPSA) is 116 Å². The number of anilines is 1. The fraction of sp³-hybridized carbons (Fsp3) is 0.240. The van der Waals surface area contributed by atoms with Gasteiger partial charge in [-0.25, -0.2) is 4.79 Å². The van der Waals surface area contributed by atoms with Crippen LogP contribution in [0, 0.1) is 25.2 Å². The molecule has 0 aliphatic rings. The average Bonchev–Trinajstić information content (AvgIpc) is 3.03. The fourth-order valence-corrected chi connectivity index (χ4v) is 3.60. The number of aromatic nitrogens is 1. The summed E-state index contributed by atoms with van der Waals surface area (Å²) in [7, 11) is 0. The predicted molar refractivity (Wildman–Crippen MR) is 124 cm³/mol. The number of esters is 1. The van der Waals surface area contributed by atoms with E-state index in [-0.39, 0.29) is 18.9 Å². The molecule has 1 unspecified atom stereocenters. The van der Waals surface area contributed by atoms with Gasteiger partial charge in [0.1, 0.15) is 23.7 Å². The predicted octanol–water partition coefficient (Wildman–Crippen LogP) is 3.50. The number of amides is 1. The summed E-state index contributed by atoms with van der Waals surface area (Å²) < 4.78 is 6.94. The molecule has 0 radical (unpaired) electrons. The number of benzene rings is 2. The minimum Gasteiger partial charge on any atom is -0.508 e. The summed E-state index contributed by atoms with van der Waals surface area (Å²) in [6.45, 7) is 5.37. The van der Waals surface area contributed by atoms with E-state index < -0.39 is 17.9 Å². The molecule has 3 rings (SSSR count). The van der Waals surface area contributed by atoms with E-state index in [1.54, 1.807) is 19.1 Å². The first-order valence-corrected chi connectivity index (χ1v) is 10.5. The number of nitriles is 1. The van der Waals surface area contributed by atoms with Gasteiger partial charge in [0, 0.05) is 11.4 Å². The molecular weight excluding hydrogens is 420 g/mol. The highest BCUT2D eigenvalue weighted by atomic mass is 16.5. The molecule has 8 heteroatoms. The van der Waals surface area contributed by atoms with Crippen LogP contribution in [0.5, 0.6) is 5.75 Å². The number of nitrogens with zero attached hydrogens (tertiary/aromatic N) is 2. The second-order valence-corrected chi connectivity index (χ2v) is 7.43. The standard InChI is InChI=1S/C25H26N4O4/c1-4-33-25(32)23(18-9-8-12-20(30)13-18)27-15-22(31)28-24-21(14-26)16(2)17(3)29(24)19-10-6-5-7-11-19/h5-13,23,27,30H,4,15H2,1-3H3,(H,28,31). The molecule has 170 valence electrons. The van der Waals surface area contributed by atoms with Gasteiger partial charge in [0.05, 0.1) is 18.7 Å². The molecule has 8 nitrogen and oxygen atoms in total. The largest absolute Gasteiger partial charge is 0.508 e. The van der Waals surface area contributed by atoms with Crippen molar-refractivity contribution in [3.8, 4) is 17.5 Å². The van der Waals surface area contributed by atoms with Gasteiger partial charge >= 0.3 is 5.97 Å². The summed E-state index contributed by atoms with van der Waals surface area (Å²) in [5.74, 6) is -0.627. The second kappa shape index (κ2) is 10.5. The number of carbonyl (C=O) groups is 2. The lowest BCUT2D eigenvalue weighted by Crippen LogP contribution is -2.36. The van der Waals surface area contributed by atoms with E-state index in [9.17, 15) is 20.0 Å². The van der Waals surface area contributed by atoms with Crippen LogP contribution in [0.4, 0.5) is 5.82 Å². The van der Waals surface area contributed by atoms with Crippen molar-refractivity contribution in [1.29, 1.82) is 5.26 Å². The number of hydrogen-bond acceptors (Lipinski definition) is 6. The summed E-state index contributed by atoms with van der Waals surface area (Å²) in [4.78, 5) is 25.3. The van der Waals surface area contributed by atoms with Crippen molar-refractivity contribution in [2.45, 2.75) is 26.8 Å². The van der Waals surface area contributed by atoms with Gasteiger partial charge in [0.15, 0.2) is 0 Å². The van der Waals surface area contributed by atoms with E-state index in [0.29, 0.717) is 16.9 Å². The van der Waals surface area contributed by atoms with E-state index in [0.717, 1.165) is 16.9 Å². The van der Waals surface area contributed by atoms with Crippen LogP contribution >= 0.6 is 0 Å². The van der Waals surface area contributed by atoms with Crippen LogP contribution in [0.1, 0.15) is 35.3 Å². The Bertz CT molecular complexity index is 1200. The van der Waals surface area contributed by atoms with Crippen LogP contribution in [0.25, 0.3) is 5.69 Å². The van der Waals surface area contributed by atoms with E-state index in [2.05, 4.69) is 16.7 Å². The molecule has 1 aromatic heterocycles. The molecule has 3 N–H and O–H groups in total. The van der Waals surface area contributed by atoms with Crippen molar-refractivity contribution >= 4 is 17.7 Å². The van der Waals surface area contributed by atoms with E-state index in [4.69, 9.17) is 4.74 Å². The molecule has 1 amide bonds. The molecule has 1 atom stereocenters. The Morgan fingerprint density at radius 3 is 2.52 bits per heavy atom. The van der Waals surface area contributed by atoms with Crippen molar-refractivity contribution in [1.82, 2.24) is 9.88 Å². The van der Waals surface area contributed by atoms with Gasteiger partial charge in [-0.15, -0.1) is 0 Å². The number of carbonyl (C=O) groups excluding carboxylic acids is 2. The lowest BCUT2D eigenvalue weighted by Gasteiger charge is -2.18. The zero-order chi connectivity index (χ0) is 24.0. The number of phenolic OH excluding ortho intramolecular Hbond substituents is 1. The molecule has 1 heterocycles. The smallest absolute Gasteiger partial charge is 0.327 e. The molecule has 0 saturated carbocycles. The zero-order valence-electron chi connectivity index (χ0n) is 18.8. The maximum absolute atomic E-state index is 12.9. The number of hydrogen-bond donors (Lipinski definition) is 3. The SMILES string of the molecule is CCOC(=O)C(NCC(=O)Nc1c(C#N)c(C)c(C)n1-c1ccccc1)c1cccc(O)c1. The maximum atomic E-state index is 12.9. The molecule has 3 aromatic rings. The van der Waals surface area contributed by atoms with E-state index in [1.165, 1.54) is 12.1 Å². The maximum Gasteiger partial charge on any atom is 0.327 e. The summed E-state index contributed by atoms with van der Waals surface area (Å²) in [6, 6.07) is 16.8. The number of rotatable bonds is 8. The number of para-hydroxylation sites is 1. The Morgan fingerprint density at radius 1 is 1.15 bits per heavy atom. The Labute approximate surface area is 192 Å². The first-order valence-electron chi connectivity index (χ1n) is 10.5. The highest BCUT2D eigenvalue weighted by Crippen LogP contribution is 2.30. The molecule has 0 aliphatic heterocycles. The van der Waals surface area contributed by atoms with Crippen LogP contribution in [-0.2, 0) is 14.3 Å². The molecule has 2 aromatic carbocycles. The molecular formula is C25H26N4O4. The summed E-state index contributed by atoms with van der Waals surface area (Å²) in [5, 5.41) is 25.2. The van der Waals surface area contributed by atoms with Crippen molar-refractivity contribution in [3.63, 3.8) is 0 Å². The van der Waals surface area contributed by atoms with Gasteiger partial charge < -0.3 is 15.2 Å². The molecule has 33 heavy (non-hydrogen) atoms. The summed E-state index contributed by atoms with van der Waals surface area (Å²) in [6.07, 6.45) is 0. The summed E-state index contributed by atoms with van der Waals surface area (Å²) in [5.41, 5.74) is 3.27. The van der Waals surface area contributed by atoms with Crippen LogP contribution in [0.3, 0.4) is 0 Å². The minimum atomic E-state index is -0.942. The van der Waals surface area contributed by atoms with Gasteiger partial charge in [0.25, 0.3) is 0 Å². The molecule has 0 fully saturated rings. The van der Waals surface area contributed by atoms with Crippen molar-refractivity contribution in [2.24, 2.45) is 0 Å². The van der Waals surface area contributed by atoms with Crippen LogP contribution in [-0.4, -0.2) is 34.7 Å². The van der Waals surface area contributed by atoms with Crippen molar-refractivity contribution < 1.29 is 19.4 Å². The Morgan fingerprint density at radius 2 is 1.88 bits per heavy atom. The number of nitrogens with one attached hydrogen (secondary N) is 2. The van der Waals surface area contributed by atoms with Crippen molar-refractivity contribution in [3.05, 3.63) is 77.0 Å². The molecule has 0 bridgehead atoms. The lowest BCUT2D eigenvalue weighted by molar-refractivity contribution is -0.145. The third-order valence-corrected chi connectivity index (χ3v) is 5.29. The Hall–Kier alpha value is -4.09. The van der Waals surface area contributed by atoms with Gasteiger partial charge in [-0.3, -0.25) is 14.7 Å². The van der Waals surface area contributed by atoms with Gasteiger partial charge in [-0.05, 0) is 56.2 Å². The van der Waals surface area contributed by atoms with Crippen LogP contribution < -0.4 is 10.6 Å². The Balaban J connectivity index is 1.85. The Kier molecular flexibility index (Phi) is 7.49. The van der Waals surface area contributed by atoms with E-state index in [1.807, 2.05) is 48.7 Å². The van der Waals surface area contributed by atoms with Gasteiger partial charge in [0.2, 0.25) is 5.91 Å². The monoisotopic (exact) mass is 446 g/mol.